The molecule has 1 aromatic rings. The second-order valence-corrected chi connectivity index (χ2v) is 4.62. The maximum atomic E-state index is 5.55. The summed E-state index contributed by atoms with van der Waals surface area (Å²) in [5, 5.41) is 3.52. The van der Waals surface area contributed by atoms with E-state index in [-0.39, 0.29) is 6.29 Å². The Labute approximate surface area is 109 Å². The fraction of sp³-hybridized carbons (Fsp3) is 0.600. The summed E-state index contributed by atoms with van der Waals surface area (Å²) < 4.78 is 11.1. The van der Waals surface area contributed by atoms with E-state index in [2.05, 4.69) is 43.4 Å². The van der Waals surface area contributed by atoms with E-state index in [0.29, 0.717) is 6.04 Å². The van der Waals surface area contributed by atoms with Gasteiger partial charge in [-0.1, -0.05) is 38.1 Å². The van der Waals surface area contributed by atoms with Crippen LogP contribution in [-0.4, -0.2) is 26.0 Å². The van der Waals surface area contributed by atoms with Crippen molar-refractivity contribution in [2.24, 2.45) is 0 Å². The lowest BCUT2D eigenvalue weighted by Gasteiger charge is -2.21. The minimum absolute atomic E-state index is 0.0562. The lowest BCUT2D eigenvalue weighted by Crippen LogP contribution is -2.26. The highest BCUT2D eigenvalue weighted by molar-refractivity contribution is 5.26. The van der Waals surface area contributed by atoms with Crippen molar-refractivity contribution < 1.29 is 9.47 Å². The number of benzene rings is 1. The van der Waals surface area contributed by atoms with E-state index in [1.807, 2.05) is 0 Å². The molecule has 1 aromatic carbocycles. The van der Waals surface area contributed by atoms with E-state index in [1.54, 1.807) is 0 Å². The summed E-state index contributed by atoms with van der Waals surface area (Å²) in [5.74, 6) is 0. The maximum Gasteiger partial charge on any atom is 0.159 e. The second kappa shape index (κ2) is 6.88. The quantitative estimate of drug-likeness (QED) is 0.840. The Kier molecular flexibility index (Phi) is 5.17. The van der Waals surface area contributed by atoms with Gasteiger partial charge in [0.2, 0.25) is 0 Å². The monoisotopic (exact) mass is 249 g/mol. The molecule has 1 saturated heterocycles. The third kappa shape index (κ3) is 3.55. The zero-order valence-electron chi connectivity index (χ0n) is 11.3. The molecule has 1 aliphatic rings. The standard InChI is InChI=1S/C15H23NO2/c1-3-12-6-5-7-13(10-12)14(16-4-2)11-15-17-8-9-18-15/h5-7,10,14-16H,3-4,8-9,11H2,1-2H3. The fourth-order valence-electron chi connectivity index (χ4n) is 2.35. The maximum absolute atomic E-state index is 5.55. The van der Waals surface area contributed by atoms with E-state index in [4.69, 9.17) is 9.47 Å². The molecular formula is C15H23NO2. The highest BCUT2D eigenvalue weighted by Crippen LogP contribution is 2.23. The van der Waals surface area contributed by atoms with Crippen molar-refractivity contribution >= 4 is 0 Å². The number of hydrogen-bond donors (Lipinski definition) is 1. The first-order valence-corrected chi connectivity index (χ1v) is 6.89. The molecule has 18 heavy (non-hydrogen) atoms. The SMILES string of the molecule is CCNC(CC1OCCO1)c1cccc(CC)c1. The van der Waals surface area contributed by atoms with Gasteiger partial charge in [-0.3, -0.25) is 0 Å². The van der Waals surface area contributed by atoms with Crippen LogP contribution in [0.2, 0.25) is 0 Å². The molecule has 0 bridgehead atoms. The Balaban J connectivity index is 2.06. The average Bonchev–Trinajstić information content (AvgIpc) is 2.91. The van der Waals surface area contributed by atoms with Crippen molar-refractivity contribution in [3.05, 3.63) is 35.4 Å². The zero-order valence-corrected chi connectivity index (χ0v) is 11.3. The molecule has 3 heteroatoms. The highest BCUT2D eigenvalue weighted by atomic mass is 16.7. The molecular weight excluding hydrogens is 226 g/mol. The van der Waals surface area contributed by atoms with Gasteiger partial charge in [-0.15, -0.1) is 0 Å². The number of nitrogens with one attached hydrogen (secondary N) is 1. The predicted molar refractivity (Wildman–Crippen MR) is 72.5 cm³/mol. The Bertz CT molecular complexity index is 361. The molecule has 1 N–H and O–H groups in total. The molecule has 0 aromatic heterocycles. The van der Waals surface area contributed by atoms with Crippen LogP contribution in [0.4, 0.5) is 0 Å². The Morgan fingerprint density at radius 3 is 2.72 bits per heavy atom. The van der Waals surface area contributed by atoms with Gasteiger partial charge >= 0.3 is 0 Å². The summed E-state index contributed by atoms with van der Waals surface area (Å²) in [6.45, 7) is 6.71. The average molecular weight is 249 g/mol. The Hall–Kier alpha value is -0.900. The number of hydrogen-bond acceptors (Lipinski definition) is 3. The van der Waals surface area contributed by atoms with Crippen molar-refractivity contribution in [3.8, 4) is 0 Å². The molecule has 0 spiro atoms. The molecule has 3 nitrogen and oxygen atoms in total. The molecule has 0 radical (unpaired) electrons. The molecule has 1 unspecified atom stereocenters. The minimum Gasteiger partial charge on any atom is -0.350 e. The smallest absolute Gasteiger partial charge is 0.159 e. The summed E-state index contributed by atoms with van der Waals surface area (Å²) in [4.78, 5) is 0. The van der Waals surface area contributed by atoms with Gasteiger partial charge in [0.05, 0.1) is 13.2 Å². The lowest BCUT2D eigenvalue weighted by molar-refractivity contribution is -0.0529. The Morgan fingerprint density at radius 1 is 1.28 bits per heavy atom. The van der Waals surface area contributed by atoms with Crippen LogP contribution in [0, 0.1) is 0 Å². The normalized spacial score (nSPS) is 18.1. The largest absolute Gasteiger partial charge is 0.350 e. The van der Waals surface area contributed by atoms with Crippen LogP contribution in [0.15, 0.2) is 24.3 Å². The Morgan fingerprint density at radius 2 is 2.06 bits per heavy atom. The summed E-state index contributed by atoms with van der Waals surface area (Å²) in [6.07, 6.45) is 1.89. The van der Waals surface area contributed by atoms with Gasteiger partial charge in [-0.2, -0.15) is 0 Å². The molecule has 0 aliphatic carbocycles. The van der Waals surface area contributed by atoms with E-state index in [1.165, 1.54) is 11.1 Å². The second-order valence-electron chi connectivity index (χ2n) is 4.62. The van der Waals surface area contributed by atoms with Crippen molar-refractivity contribution in [2.75, 3.05) is 19.8 Å². The highest BCUT2D eigenvalue weighted by Gasteiger charge is 2.22. The molecule has 100 valence electrons. The summed E-state index contributed by atoms with van der Waals surface area (Å²) in [5.41, 5.74) is 2.71. The van der Waals surface area contributed by atoms with E-state index in [9.17, 15) is 0 Å². The summed E-state index contributed by atoms with van der Waals surface area (Å²) in [7, 11) is 0. The molecule has 1 fully saturated rings. The first-order valence-electron chi connectivity index (χ1n) is 6.89. The van der Waals surface area contributed by atoms with Gasteiger partial charge < -0.3 is 14.8 Å². The number of aryl methyl sites for hydroxylation is 1. The first-order chi connectivity index (χ1) is 8.83. The van der Waals surface area contributed by atoms with Crippen LogP contribution in [0.5, 0.6) is 0 Å². The molecule has 1 aliphatic heterocycles. The third-order valence-corrected chi connectivity index (χ3v) is 3.33. The van der Waals surface area contributed by atoms with Crippen molar-refractivity contribution in [1.29, 1.82) is 0 Å². The molecule has 1 atom stereocenters. The fourth-order valence-corrected chi connectivity index (χ4v) is 2.35. The molecule has 0 saturated carbocycles. The van der Waals surface area contributed by atoms with Gasteiger partial charge in [-0.25, -0.2) is 0 Å². The number of ether oxygens (including phenoxy) is 2. The number of rotatable bonds is 6. The van der Waals surface area contributed by atoms with Gasteiger partial charge in [-0.05, 0) is 24.1 Å². The van der Waals surface area contributed by atoms with Gasteiger partial charge in [0.15, 0.2) is 6.29 Å². The van der Waals surface area contributed by atoms with Crippen molar-refractivity contribution in [3.63, 3.8) is 0 Å². The molecule has 1 heterocycles. The van der Waals surface area contributed by atoms with Crippen LogP contribution in [0.3, 0.4) is 0 Å². The predicted octanol–water partition coefficient (Wildman–Crippen LogP) is 2.66. The summed E-state index contributed by atoms with van der Waals surface area (Å²) >= 11 is 0. The van der Waals surface area contributed by atoms with Gasteiger partial charge in [0.25, 0.3) is 0 Å². The van der Waals surface area contributed by atoms with E-state index >= 15 is 0 Å². The van der Waals surface area contributed by atoms with Crippen molar-refractivity contribution in [1.82, 2.24) is 5.32 Å². The van der Waals surface area contributed by atoms with Crippen LogP contribution in [0.25, 0.3) is 0 Å². The van der Waals surface area contributed by atoms with Crippen molar-refractivity contribution in [2.45, 2.75) is 39.0 Å². The van der Waals surface area contributed by atoms with Crippen LogP contribution in [-0.2, 0) is 15.9 Å². The van der Waals surface area contributed by atoms with Crippen LogP contribution < -0.4 is 5.32 Å². The van der Waals surface area contributed by atoms with Gasteiger partial charge in [0, 0.05) is 12.5 Å². The lowest BCUT2D eigenvalue weighted by atomic mass is 10.00. The van der Waals surface area contributed by atoms with E-state index < -0.39 is 0 Å². The molecule has 2 rings (SSSR count). The minimum atomic E-state index is -0.0562. The topological polar surface area (TPSA) is 30.5 Å². The van der Waals surface area contributed by atoms with Crippen LogP contribution >= 0.6 is 0 Å². The third-order valence-electron chi connectivity index (χ3n) is 3.33. The van der Waals surface area contributed by atoms with E-state index in [0.717, 1.165) is 32.6 Å². The van der Waals surface area contributed by atoms with Crippen LogP contribution in [0.1, 0.15) is 37.4 Å². The summed E-state index contributed by atoms with van der Waals surface area (Å²) in [6, 6.07) is 9.08. The zero-order chi connectivity index (χ0) is 12.8. The van der Waals surface area contributed by atoms with Gasteiger partial charge in [0.1, 0.15) is 0 Å². The first kappa shape index (κ1) is 13.5. The molecule has 0 amide bonds.